The van der Waals surface area contributed by atoms with Crippen LogP contribution in [0, 0.1) is 25.2 Å². The van der Waals surface area contributed by atoms with Crippen molar-refractivity contribution in [2.45, 2.75) is 20.3 Å². The summed E-state index contributed by atoms with van der Waals surface area (Å²) in [6.07, 6.45) is -0.138. The predicted molar refractivity (Wildman–Crippen MR) is 59.8 cm³/mol. The Morgan fingerprint density at radius 1 is 1.47 bits per heavy atom. The Hall–Kier alpha value is -1.53. The third kappa shape index (κ3) is 2.97. The standard InChI is InChI=1S/C11H11ClN2O/c1-7-5-9(6-8(2)11(7)12)14-10(15)3-4-13/h5-6H,3H2,1-2H3,(H,14,15). The lowest BCUT2D eigenvalue weighted by Crippen LogP contribution is -2.10. The number of halogens is 1. The molecule has 0 fully saturated rings. The van der Waals surface area contributed by atoms with Gasteiger partial charge in [0.1, 0.15) is 6.42 Å². The maximum atomic E-state index is 11.2. The molecular weight excluding hydrogens is 212 g/mol. The van der Waals surface area contributed by atoms with Crippen LogP contribution in [0.2, 0.25) is 5.02 Å². The Kier molecular flexibility index (Phi) is 3.70. The van der Waals surface area contributed by atoms with Crippen LogP contribution in [0.3, 0.4) is 0 Å². The van der Waals surface area contributed by atoms with Crippen molar-refractivity contribution in [2.24, 2.45) is 0 Å². The van der Waals surface area contributed by atoms with E-state index >= 15 is 0 Å². The molecule has 1 aromatic carbocycles. The Morgan fingerprint density at radius 2 is 2.00 bits per heavy atom. The highest BCUT2D eigenvalue weighted by atomic mass is 35.5. The highest BCUT2D eigenvalue weighted by Gasteiger charge is 2.05. The fourth-order valence-corrected chi connectivity index (χ4v) is 1.40. The van der Waals surface area contributed by atoms with Crippen molar-refractivity contribution in [3.63, 3.8) is 0 Å². The third-order valence-corrected chi connectivity index (χ3v) is 2.56. The van der Waals surface area contributed by atoms with Gasteiger partial charge in [-0.2, -0.15) is 5.26 Å². The predicted octanol–water partition coefficient (Wildman–Crippen LogP) is 2.81. The van der Waals surface area contributed by atoms with Crippen molar-refractivity contribution in [1.29, 1.82) is 5.26 Å². The Labute approximate surface area is 93.7 Å². The Morgan fingerprint density at radius 3 is 2.47 bits per heavy atom. The lowest BCUT2D eigenvalue weighted by molar-refractivity contribution is -0.115. The molecule has 0 spiro atoms. The molecule has 0 saturated carbocycles. The van der Waals surface area contributed by atoms with Gasteiger partial charge in [-0.1, -0.05) is 11.6 Å². The summed E-state index contributed by atoms with van der Waals surface area (Å²) < 4.78 is 0. The summed E-state index contributed by atoms with van der Waals surface area (Å²) >= 11 is 5.98. The number of carbonyl (C=O) groups excluding carboxylic acids is 1. The van der Waals surface area contributed by atoms with Gasteiger partial charge in [-0.05, 0) is 37.1 Å². The first-order chi connectivity index (χ1) is 7.04. The smallest absolute Gasteiger partial charge is 0.238 e. The molecule has 0 atom stereocenters. The summed E-state index contributed by atoms with van der Waals surface area (Å²) in [7, 11) is 0. The Bertz CT molecular complexity index is 412. The van der Waals surface area contributed by atoms with Gasteiger partial charge < -0.3 is 5.32 Å². The zero-order valence-corrected chi connectivity index (χ0v) is 9.35. The highest BCUT2D eigenvalue weighted by molar-refractivity contribution is 6.32. The maximum Gasteiger partial charge on any atom is 0.238 e. The van der Waals surface area contributed by atoms with Crippen LogP contribution in [-0.4, -0.2) is 5.91 Å². The monoisotopic (exact) mass is 222 g/mol. The molecule has 0 aliphatic heterocycles. The zero-order valence-electron chi connectivity index (χ0n) is 8.60. The maximum absolute atomic E-state index is 11.2. The first kappa shape index (κ1) is 11.5. The number of hydrogen-bond donors (Lipinski definition) is 1. The molecule has 0 radical (unpaired) electrons. The zero-order chi connectivity index (χ0) is 11.4. The van der Waals surface area contributed by atoms with E-state index in [9.17, 15) is 4.79 Å². The molecule has 1 rings (SSSR count). The summed E-state index contributed by atoms with van der Waals surface area (Å²) in [5.74, 6) is -0.307. The van der Waals surface area contributed by atoms with Gasteiger partial charge in [0.05, 0.1) is 6.07 Å². The molecule has 1 amide bonds. The van der Waals surface area contributed by atoms with E-state index in [1.165, 1.54) is 0 Å². The quantitative estimate of drug-likeness (QED) is 0.837. The number of nitriles is 1. The van der Waals surface area contributed by atoms with Crippen molar-refractivity contribution >= 4 is 23.2 Å². The van der Waals surface area contributed by atoms with E-state index in [2.05, 4.69) is 5.32 Å². The third-order valence-electron chi connectivity index (χ3n) is 1.96. The fraction of sp³-hybridized carbons (Fsp3) is 0.273. The van der Waals surface area contributed by atoms with Gasteiger partial charge >= 0.3 is 0 Å². The van der Waals surface area contributed by atoms with Gasteiger partial charge in [0.15, 0.2) is 0 Å². The fourth-order valence-electron chi connectivity index (χ4n) is 1.30. The second-order valence-electron chi connectivity index (χ2n) is 3.31. The van der Waals surface area contributed by atoms with Crippen LogP contribution in [-0.2, 0) is 4.79 Å². The second-order valence-corrected chi connectivity index (χ2v) is 3.69. The molecule has 0 heterocycles. The van der Waals surface area contributed by atoms with E-state index in [-0.39, 0.29) is 12.3 Å². The van der Waals surface area contributed by atoms with Crippen molar-refractivity contribution in [3.8, 4) is 6.07 Å². The molecule has 0 unspecified atom stereocenters. The van der Waals surface area contributed by atoms with Gasteiger partial charge in [0.25, 0.3) is 0 Å². The number of carbonyl (C=O) groups is 1. The second kappa shape index (κ2) is 4.81. The summed E-state index contributed by atoms with van der Waals surface area (Å²) in [6.45, 7) is 3.74. The van der Waals surface area contributed by atoms with Crippen LogP contribution < -0.4 is 5.32 Å². The van der Waals surface area contributed by atoms with Gasteiger partial charge in [-0.3, -0.25) is 4.79 Å². The average molecular weight is 223 g/mol. The lowest BCUT2D eigenvalue weighted by Gasteiger charge is -2.08. The normalized spacial score (nSPS) is 9.47. The topological polar surface area (TPSA) is 52.9 Å². The summed E-state index contributed by atoms with van der Waals surface area (Å²) in [5, 5.41) is 11.7. The molecule has 1 N–H and O–H groups in total. The van der Waals surface area contributed by atoms with Crippen LogP contribution >= 0.6 is 11.6 Å². The lowest BCUT2D eigenvalue weighted by atomic mass is 10.1. The van der Waals surface area contributed by atoms with Crippen LogP contribution in [0.15, 0.2) is 12.1 Å². The molecule has 3 nitrogen and oxygen atoms in total. The number of aryl methyl sites for hydroxylation is 2. The summed E-state index contributed by atoms with van der Waals surface area (Å²) in [4.78, 5) is 11.2. The molecular formula is C11H11ClN2O. The van der Waals surface area contributed by atoms with E-state index in [1.54, 1.807) is 18.2 Å². The number of rotatable bonds is 2. The van der Waals surface area contributed by atoms with Crippen molar-refractivity contribution in [3.05, 3.63) is 28.3 Å². The molecule has 15 heavy (non-hydrogen) atoms. The number of amides is 1. The summed E-state index contributed by atoms with van der Waals surface area (Å²) in [5.41, 5.74) is 2.49. The largest absolute Gasteiger partial charge is 0.325 e. The van der Waals surface area contributed by atoms with Crippen LogP contribution in [0.1, 0.15) is 17.5 Å². The van der Waals surface area contributed by atoms with Crippen molar-refractivity contribution in [2.75, 3.05) is 5.32 Å². The number of benzene rings is 1. The molecule has 4 heteroatoms. The molecule has 1 aromatic rings. The molecule has 0 aromatic heterocycles. The minimum Gasteiger partial charge on any atom is -0.325 e. The molecule has 0 aliphatic carbocycles. The SMILES string of the molecule is Cc1cc(NC(=O)CC#N)cc(C)c1Cl. The van der Waals surface area contributed by atoms with Gasteiger partial charge in [0.2, 0.25) is 5.91 Å². The molecule has 0 saturated heterocycles. The molecule has 0 aliphatic rings. The van der Waals surface area contributed by atoms with Crippen molar-refractivity contribution < 1.29 is 4.79 Å². The molecule has 78 valence electrons. The Balaban J connectivity index is 2.89. The molecule has 0 bridgehead atoms. The van der Waals surface area contributed by atoms with Gasteiger partial charge in [-0.25, -0.2) is 0 Å². The highest BCUT2D eigenvalue weighted by Crippen LogP contribution is 2.24. The number of anilines is 1. The number of nitrogens with one attached hydrogen (secondary N) is 1. The van der Waals surface area contributed by atoms with E-state index in [4.69, 9.17) is 16.9 Å². The minimum atomic E-state index is -0.307. The number of nitrogens with zero attached hydrogens (tertiary/aromatic N) is 1. The van der Waals surface area contributed by atoms with E-state index in [0.29, 0.717) is 10.7 Å². The first-order valence-electron chi connectivity index (χ1n) is 4.48. The minimum absolute atomic E-state index is 0.138. The first-order valence-corrected chi connectivity index (χ1v) is 4.86. The van der Waals surface area contributed by atoms with Crippen LogP contribution in [0.25, 0.3) is 0 Å². The van der Waals surface area contributed by atoms with Crippen LogP contribution in [0.5, 0.6) is 0 Å². The number of hydrogen-bond acceptors (Lipinski definition) is 2. The summed E-state index contributed by atoms with van der Waals surface area (Å²) in [6, 6.07) is 5.35. The van der Waals surface area contributed by atoms with Crippen molar-refractivity contribution in [1.82, 2.24) is 0 Å². The average Bonchev–Trinajstić information content (AvgIpc) is 2.14. The van der Waals surface area contributed by atoms with E-state index < -0.39 is 0 Å². The van der Waals surface area contributed by atoms with E-state index in [0.717, 1.165) is 11.1 Å². The van der Waals surface area contributed by atoms with Gasteiger partial charge in [-0.15, -0.1) is 0 Å². The van der Waals surface area contributed by atoms with Crippen LogP contribution in [0.4, 0.5) is 5.69 Å². The van der Waals surface area contributed by atoms with E-state index in [1.807, 2.05) is 13.8 Å². The van der Waals surface area contributed by atoms with Gasteiger partial charge in [0, 0.05) is 10.7 Å².